The number of urea groups is 1. The van der Waals surface area contributed by atoms with Crippen LogP contribution in [0.1, 0.15) is 20.8 Å². The zero-order valence-corrected chi connectivity index (χ0v) is 9.72. The maximum absolute atomic E-state index is 11.4. The largest absolute Gasteiger partial charge is 0.333 e. The van der Waals surface area contributed by atoms with Gasteiger partial charge in [-0.15, -0.1) is 0 Å². The predicted molar refractivity (Wildman–Crippen MR) is 61.2 cm³/mol. The van der Waals surface area contributed by atoms with Crippen LogP contribution >= 0.6 is 11.6 Å². The maximum atomic E-state index is 11.4. The van der Waals surface area contributed by atoms with E-state index < -0.39 is 0 Å². The molecular formula is C10H14ClN3O. The van der Waals surface area contributed by atoms with Crippen molar-refractivity contribution in [1.82, 2.24) is 10.3 Å². The van der Waals surface area contributed by atoms with Crippen LogP contribution < -0.4 is 10.6 Å². The van der Waals surface area contributed by atoms with E-state index in [1.165, 1.54) is 6.20 Å². The number of nitrogens with zero attached hydrogens (tertiary/aromatic N) is 1. The van der Waals surface area contributed by atoms with Gasteiger partial charge in [-0.2, -0.15) is 0 Å². The third-order valence-electron chi connectivity index (χ3n) is 1.46. The van der Waals surface area contributed by atoms with Gasteiger partial charge in [0.1, 0.15) is 5.82 Å². The lowest BCUT2D eigenvalue weighted by Crippen LogP contribution is -2.43. The molecule has 0 fully saturated rings. The lowest BCUT2D eigenvalue weighted by Gasteiger charge is -2.20. The summed E-state index contributed by atoms with van der Waals surface area (Å²) >= 11 is 5.66. The number of hydrogen-bond acceptors (Lipinski definition) is 2. The van der Waals surface area contributed by atoms with Crippen molar-refractivity contribution < 1.29 is 4.79 Å². The van der Waals surface area contributed by atoms with Crippen molar-refractivity contribution in [3.63, 3.8) is 0 Å². The van der Waals surface area contributed by atoms with Crippen molar-refractivity contribution >= 4 is 23.4 Å². The first-order valence-electron chi connectivity index (χ1n) is 4.57. The second kappa shape index (κ2) is 4.49. The molecule has 82 valence electrons. The first-order valence-corrected chi connectivity index (χ1v) is 4.95. The number of carbonyl (C=O) groups excluding carboxylic acids is 1. The summed E-state index contributed by atoms with van der Waals surface area (Å²) in [5.74, 6) is 0.473. The number of nitrogens with one attached hydrogen (secondary N) is 2. The molecule has 0 spiro atoms. The highest BCUT2D eigenvalue weighted by Gasteiger charge is 2.13. The van der Waals surface area contributed by atoms with Gasteiger partial charge in [0.2, 0.25) is 0 Å². The summed E-state index contributed by atoms with van der Waals surface area (Å²) in [7, 11) is 0. The van der Waals surface area contributed by atoms with Crippen molar-refractivity contribution in [1.29, 1.82) is 0 Å². The molecule has 0 aliphatic rings. The number of halogens is 1. The third-order valence-corrected chi connectivity index (χ3v) is 1.68. The summed E-state index contributed by atoms with van der Waals surface area (Å²) in [6.07, 6.45) is 1.48. The minimum absolute atomic E-state index is 0.267. The smallest absolute Gasteiger partial charge is 0.320 e. The molecule has 0 aromatic carbocycles. The minimum atomic E-state index is -0.280. The molecule has 0 saturated heterocycles. The van der Waals surface area contributed by atoms with Gasteiger partial charge in [0, 0.05) is 11.7 Å². The normalized spacial score (nSPS) is 10.9. The number of carbonyl (C=O) groups is 1. The van der Waals surface area contributed by atoms with Crippen LogP contribution in [0.25, 0.3) is 0 Å². The Morgan fingerprint density at radius 3 is 2.53 bits per heavy atom. The number of amides is 2. The van der Waals surface area contributed by atoms with Crippen LogP contribution in [0.4, 0.5) is 10.6 Å². The molecule has 15 heavy (non-hydrogen) atoms. The zero-order chi connectivity index (χ0) is 11.5. The van der Waals surface area contributed by atoms with Crippen LogP contribution in [0.3, 0.4) is 0 Å². The number of pyridine rings is 1. The fourth-order valence-electron chi connectivity index (χ4n) is 0.938. The second-order valence-electron chi connectivity index (χ2n) is 4.19. The number of rotatable bonds is 1. The summed E-state index contributed by atoms with van der Waals surface area (Å²) in [4.78, 5) is 15.4. The van der Waals surface area contributed by atoms with Crippen LogP contribution in [0.15, 0.2) is 18.3 Å². The van der Waals surface area contributed by atoms with E-state index in [2.05, 4.69) is 15.6 Å². The fourth-order valence-corrected chi connectivity index (χ4v) is 1.05. The third kappa shape index (κ3) is 4.65. The van der Waals surface area contributed by atoms with Crippen molar-refractivity contribution in [2.24, 2.45) is 0 Å². The molecule has 2 amide bonds. The molecular weight excluding hydrogens is 214 g/mol. The van der Waals surface area contributed by atoms with E-state index in [1.54, 1.807) is 12.1 Å². The van der Waals surface area contributed by atoms with Crippen LogP contribution in [-0.4, -0.2) is 16.6 Å². The van der Waals surface area contributed by atoms with Gasteiger partial charge in [0.25, 0.3) is 0 Å². The van der Waals surface area contributed by atoms with E-state index in [0.717, 1.165) is 0 Å². The average molecular weight is 228 g/mol. The van der Waals surface area contributed by atoms with Gasteiger partial charge in [-0.1, -0.05) is 11.6 Å². The molecule has 1 rings (SSSR count). The van der Waals surface area contributed by atoms with Crippen molar-refractivity contribution in [3.05, 3.63) is 23.4 Å². The van der Waals surface area contributed by atoms with E-state index in [9.17, 15) is 4.79 Å². The van der Waals surface area contributed by atoms with E-state index >= 15 is 0 Å². The molecule has 4 nitrogen and oxygen atoms in total. The monoisotopic (exact) mass is 227 g/mol. The first kappa shape index (κ1) is 11.8. The Labute approximate surface area is 94.0 Å². The molecule has 1 aromatic rings. The molecule has 0 aliphatic heterocycles. The summed E-state index contributed by atoms with van der Waals surface area (Å²) < 4.78 is 0. The molecule has 0 radical (unpaired) electrons. The highest BCUT2D eigenvalue weighted by molar-refractivity contribution is 6.30. The maximum Gasteiger partial charge on any atom is 0.320 e. The van der Waals surface area contributed by atoms with Gasteiger partial charge in [-0.05, 0) is 32.9 Å². The fraction of sp³-hybridized carbons (Fsp3) is 0.400. The molecule has 0 atom stereocenters. The van der Waals surface area contributed by atoms with Crippen LogP contribution in [0.5, 0.6) is 0 Å². The highest BCUT2D eigenvalue weighted by atomic mass is 35.5. The Morgan fingerprint density at radius 1 is 1.40 bits per heavy atom. The van der Waals surface area contributed by atoms with Gasteiger partial charge in [-0.25, -0.2) is 9.78 Å². The number of hydrogen-bond donors (Lipinski definition) is 2. The summed E-state index contributed by atoms with van der Waals surface area (Å²) in [6, 6.07) is 3.03. The van der Waals surface area contributed by atoms with Crippen molar-refractivity contribution in [3.8, 4) is 0 Å². The molecule has 5 heteroatoms. The van der Waals surface area contributed by atoms with Gasteiger partial charge in [0.05, 0.1) is 5.02 Å². The van der Waals surface area contributed by atoms with Gasteiger partial charge in [0.15, 0.2) is 0 Å². The Morgan fingerprint density at radius 2 is 2.07 bits per heavy atom. The van der Waals surface area contributed by atoms with Gasteiger partial charge in [-0.3, -0.25) is 5.32 Å². The van der Waals surface area contributed by atoms with E-state index in [1.807, 2.05) is 20.8 Å². The van der Waals surface area contributed by atoms with Gasteiger partial charge < -0.3 is 5.32 Å². The molecule has 2 N–H and O–H groups in total. The standard InChI is InChI=1S/C10H14ClN3O/c1-10(2,3)14-9(15)13-8-5-4-7(11)6-12-8/h4-6H,1-3H3,(H2,12,13,14,15). The van der Waals surface area contributed by atoms with Crippen LogP contribution in [0.2, 0.25) is 5.02 Å². The number of aromatic nitrogens is 1. The number of anilines is 1. The lowest BCUT2D eigenvalue weighted by atomic mass is 10.1. The molecule has 1 heterocycles. The lowest BCUT2D eigenvalue weighted by molar-refractivity contribution is 0.243. The molecule has 0 unspecified atom stereocenters. The second-order valence-corrected chi connectivity index (χ2v) is 4.63. The van der Waals surface area contributed by atoms with E-state index in [0.29, 0.717) is 10.8 Å². The zero-order valence-electron chi connectivity index (χ0n) is 8.97. The Bertz CT molecular complexity index is 343. The summed E-state index contributed by atoms with van der Waals surface area (Å²) in [5, 5.41) is 5.90. The molecule has 0 saturated carbocycles. The van der Waals surface area contributed by atoms with E-state index in [-0.39, 0.29) is 11.6 Å². The van der Waals surface area contributed by atoms with E-state index in [4.69, 9.17) is 11.6 Å². The Hall–Kier alpha value is -1.29. The van der Waals surface area contributed by atoms with Crippen LogP contribution in [-0.2, 0) is 0 Å². The van der Waals surface area contributed by atoms with Crippen molar-refractivity contribution in [2.75, 3.05) is 5.32 Å². The highest BCUT2D eigenvalue weighted by Crippen LogP contribution is 2.09. The molecule has 0 aliphatic carbocycles. The Kier molecular flexibility index (Phi) is 3.52. The quantitative estimate of drug-likeness (QED) is 0.775. The SMILES string of the molecule is CC(C)(C)NC(=O)Nc1ccc(Cl)cn1. The molecule has 1 aromatic heterocycles. The average Bonchev–Trinajstić information content (AvgIpc) is 2.05. The minimum Gasteiger partial charge on any atom is -0.333 e. The van der Waals surface area contributed by atoms with Crippen molar-refractivity contribution in [2.45, 2.75) is 26.3 Å². The topological polar surface area (TPSA) is 54.0 Å². The summed E-state index contributed by atoms with van der Waals surface area (Å²) in [5.41, 5.74) is -0.267. The Balaban J connectivity index is 2.55. The molecule has 0 bridgehead atoms. The van der Waals surface area contributed by atoms with Gasteiger partial charge >= 0.3 is 6.03 Å². The van der Waals surface area contributed by atoms with Crippen LogP contribution in [0, 0.1) is 0 Å². The predicted octanol–water partition coefficient (Wildman–Crippen LogP) is 2.66. The summed E-state index contributed by atoms with van der Waals surface area (Å²) in [6.45, 7) is 5.71. The first-order chi connectivity index (χ1) is 6.87.